The van der Waals surface area contributed by atoms with Gasteiger partial charge in [0.2, 0.25) is 5.91 Å². The maximum Gasteiger partial charge on any atom is 0.315 e. The van der Waals surface area contributed by atoms with Gasteiger partial charge in [-0.1, -0.05) is 18.2 Å². The van der Waals surface area contributed by atoms with Crippen LogP contribution in [0.25, 0.3) is 0 Å². The number of carboxylic acid groups (broad SMARTS) is 1. The van der Waals surface area contributed by atoms with E-state index in [1.807, 2.05) is 30.3 Å². The van der Waals surface area contributed by atoms with Crippen molar-refractivity contribution in [1.82, 2.24) is 10.6 Å². The number of urea groups is 1. The molecule has 1 aliphatic heterocycles. The highest BCUT2D eigenvalue weighted by Gasteiger charge is 2.31. The summed E-state index contributed by atoms with van der Waals surface area (Å²) in [6, 6.07) is 15.7. The summed E-state index contributed by atoms with van der Waals surface area (Å²) >= 11 is 0. The van der Waals surface area contributed by atoms with Crippen molar-refractivity contribution >= 4 is 23.6 Å². The van der Waals surface area contributed by atoms with Gasteiger partial charge in [-0.15, -0.1) is 0 Å². The minimum atomic E-state index is -0.984. The van der Waals surface area contributed by atoms with Crippen molar-refractivity contribution in [3.05, 3.63) is 54.6 Å². The molecule has 8 nitrogen and oxygen atoms in total. The molecule has 1 heterocycles. The van der Waals surface area contributed by atoms with Crippen LogP contribution in [0.15, 0.2) is 54.6 Å². The first-order chi connectivity index (χ1) is 13.5. The molecule has 8 heteroatoms. The largest absolute Gasteiger partial charge is 0.481 e. The van der Waals surface area contributed by atoms with Crippen LogP contribution < -0.4 is 20.3 Å². The van der Waals surface area contributed by atoms with Gasteiger partial charge in [0.15, 0.2) is 0 Å². The molecule has 3 rings (SSSR count). The molecule has 146 valence electrons. The maximum absolute atomic E-state index is 12.3. The van der Waals surface area contributed by atoms with Crippen LogP contribution in [0.5, 0.6) is 11.5 Å². The van der Waals surface area contributed by atoms with Gasteiger partial charge < -0.3 is 25.4 Å². The fourth-order valence-corrected chi connectivity index (χ4v) is 2.89. The van der Waals surface area contributed by atoms with E-state index in [0.29, 0.717) is 12.3 Å². The molecule has 0 aromatic heterocycles. The highest BCUT2D eigenvalue weighted by molar-refractivity contribution is 5.96. The number of para-hydroxylation sites is 1. The number of nitrogens with one attached hydrogen (secondary N) is 2. The molecule has 1 unspecified atom stereocenters. The second-order valence-corrected chi connectivity index (χ2v) is 6.36. The minimum Gasteiger partial charge on any atom is -0.481 e. The van der Waals surface area contributed by atoms with Crippen LogP contribution in [0.4, 0.5) is 10.5 Å². The van der Waals surface area contributed by atoms with Crippen molar-refractivity contribution in [2.45, 2.75) is 18.9 Å². The quantitative estimate of drug-likeness (QED) is 0.680. The van der Waals surface area contributed by atoms with Crippen LogP contribution in [0, 0.1) is 0 Å². The molecule has 1 atom stereocenters. The fourth-order valence-electron chi connectivity index (χ4n) is 2.89. The standard InChI is InChI=1S/C20H21N3O5/c24-18-12-14(22-20(27)21-11-10-19(25)26)13-23(18)15-6-8-17(9-7-15)28-16-4-2-1-3-5-16/h1-9,14H,10-13H2,(H,25,26)(H2,21,22,27). The third kappa shape index (κ3) is 5.23. The summed E-state index contributed by atoms with van der Waals surface area (Å²) in [7, 11) is 0. The zero-order chi connectivity index (χ0) is 19.9. The molecule has 0 radical (unpaired) electrons. The Labute approximate surface area is 162 Å². The average Bonchev–Trinajstić information content (AvgIpc) is 3.03. The number of benzene rings is 2. The molecule has 0 aliphatic carbocycles. The summed E-state index contributed by atoms with van der Waals surface area (Å²) in [5.74, 6) is 0.314. The Morgan fingerprint density at radius 1 is 1.07 bits per heavy atom. The van der Waals surface area contributed by atoms with Gasteiger partial charge in [-0.2, -0.15) is 0 Å². The Morgan fingerprint density at radius 3 is 2.43 bits per heavy atom. The third-order valence-electron chi connectivity index (χ3n) is 4.21. The molecule has 1 aliphatic rings. The molecule has 0 bridgehead atoms. The SMILES string of the molecule is O=C(O)CCNC(=O)NC1CC(=O)N(c2ccc(Oc3ccccc3)cc2)C1. The van der Waals surface area contributed by atoms with E-state index in [2.05, 4.69) is 10.6 Å². The molecule has 0 saturated carbocycles. The lowest BCUT2D eigenvalue weighted by Crippen LogP contribution is -2.43. The number of rotatable bonds is 7. The topological polar surface area (TPSA) is 108 Å². The summed E-state index contributed by atoms with van der Waals surface area (Å²) < 4.78 is 5.74. The maximum atomic E-state index is 12.3. The summed E-state index contributed by atoms with van der Waals surface area (Å²) in [6.45, 7) is 0.387. The zero-order valence-corrected chi connectivity index (χ0v) is 15.1. The van der Waals surface area contributed by atoms with E-state index in [1.165, 1.54) is 0 Å². The first-order valence-electron chi connectivity index (χ1n) is 8.91. The fraction of sp³-hybridized carbons (Fsp3) is 0.250. The van der Waals surface area contributed by atoms with Gasteiger partial charge in [-0.25, -0.2) is 4.79 Å². The van der Waals surface area contributed by atoms with Crippen molar-refractivity contribution in [3.63, 3.8) is 0 Å². The molecule has 28 heavy (non-hydrogen) atoms. The molecule has 1 saturated heterocycles. The number of ether oxygens (including phenoxy) is 1. The van der Waals surface area contributed by atoms with Crippen LogP contribution in [0.3, 0.4) is 0 Å². The monoisotopic (exact) mass is 383 g/mol. The Kier molecular flexibility index (Phi) is 6.11. The average molecular weight is 383 g/mol. The Morgan fingerprint density at radius 2 is 1.75 bits per heavy atom. The van der Waals surface area contributed by atoms with Gasteiger partial charge in [0.25, 0.3) is 0 Å². The molecule has 2 aromatic rings. The Hall–Kier alpha value is -3.55. The minimum absolute atomic E-state index is 0.0361. The van der Waals surface area contributed by atoms with E-state index in [1.54, 1.807) is 29.2 Å². The molecule has 3 N–H and O–H groups in total. The second kappa shape index (κ2) is 8.90. The van der Waals surface area contributed by atoms with E-state index in [9.17, 15) is 14.4 Å². The normalized spacial score (nSPS) is 15.9. The van der Waals surface area contributed by atoms with Crippen molar-refractivity contribution in [2.75, 3.05) is 18.0 Å². The number of amides is 3. The van der Waals surface area contributed by atoms with Crippen molar-refractivity contribution < 1.29 is 24.2 Å². The number of carbonyl (C=O) groups excluding carboxylic acids is 2. The zero-order valence-electron chi connectivity index (χ0n) is 15.1. The Bertz CT molecular complexity index is 839. The predicted molar refractivity (Wildman–Crippen MR) is 103 cm³/mol. The van der Waals surface area contributed by atoms with E-state index >= 15 is 0 Å². The van der Waals surface area contributed by atoms with E-state index in [0.717, 1.165) is 11.4 Å². The van der Waals surface area contributed by atoms with Crippen LogP contribution in [-0.2, 0) is 9.59 Å². The van der Waals surface area contributed by atoms with Gasteiger partial charge in [-0.05, 0) is 36.4 Å². The second-order valence-electron chi connectivity index (χ2n) is 6.36. The van der Waals surface area contributed by atoms with E-state index < -0.39 is 12.0 Å². The van der Waals surface area contributed by atoms with E-state index in [4.69, 9.17) is 9.84 Å². The lowest BCUT2D eigenvalue weighted by atomic mass is 10.2. The van der Waals surface area contributed by atoms with Gasteiger partial charge in [-0.3, -0.25) is 9.59 Å². The van der Waals surface area contributed by atoms with Gasteiger partial charge in [0, 0.05) is 25.2 Å². The van der Waals surface area contributed by atoms with Crippen LogP contribution >= 0.6 is 0 Å². The number of carboxylic acids is 1. The molecular weight excluding hydrogens is 362 g/mol. The summed E-state index contributed by atoms with van der Waals surface area (Å²) in [4.78, 5) is 36.1. The molecule has 3 amide bonds. The van der Waals surface area contributed by atoms with Crippen LogP contribution in [-0.4, -0.2) is 42.1 Å². The summed E-state index contributed by atoms with van der Waals surface area (Å²) in [6.07, 6.45) is 0.0369. The van der Waals surface area contributed by atoms with E-state index in [-0.39, 0.29) is 31.3 Å². The lowest BCUT2D eigenvalue weighted by molar-refractivity contribution is -0.136. The van der Waals surface area contributed by atoms with Gasteiger partial charge in [0.1, 0.15) is 11.5 Å². The molecular formula is C20H21N3O5. The van der Waals surface area contributed by atoms with Crippen molar-refractivity contribution in [3.8, 4) is 11.5 Å². The summed E-state index contributed by atoms with van der Waals surface area (Å²) in [5.41, 5.74) is 0.723. The van der Waals surface area contributed by atoms with Gasteiger partial charge in [0.05, 0.1) is 12.5 Å². The lowest BCUT2D eigenvalue weighted by Gasteiger charge is -2.18. The number of hydrogen-bond acceptors (Lipinski definition) is 4. The van der Waals surface area contributed by atoms with Gasteiger partial charge >= 0.3 is 12.0 Å². The molecule has 0 spiro atoms. The molecule has 1 fully saturated rings. The number of nitrogens with zero attached hydrogens (tertiary/aromatic N) is 1. The van der Waals surface area contributed by atoms with Crippen molar-refractivity contribution in [2.24, 2.45) is 0 Å². The third-order valence-corrected chi connectivity index (χ3v) is 4.21. The van der Waals surface area contributed by atoms with Crippen molar-refractivity contribution in [1.29, 1.82) is 0 Å². The number of hydrogen-bond donors (Lipinski definition) is 3. The van der Waals surface area contributed by atoms with Crippen LogP contribution in [0.2, 0.25) is 0 Å². The predicted octanol–water partition coefficient (Wildman–Crippen LogP) is 2.36. The smallest absolute Gasteiger partial charge is 0.315 e. The highest BCUT2D eigenvalue weighted by Crippen LogP contribution is 2.26. The van der Waals surface area contributed by atoms with Crippen LogP contribution in [0.1, 0.15) is 12.8 Å². The summed E-state index contributed by atoms with van der Waals surface area (Å²) in [5, 5.41) is 13.7. The number of aliphatic carboxylic acids is 1. The first-order valence-corrected chi connectivity index (χ1v) is 8.91. The first kappa shape index (κ1) is 19.2. The number of anilines is 1. The number of carbonyl (C=O) groups is 3. The molecule has 2 aromatic carbocycles. The Balaban J connectivity index is 1.53. The highest BCUT2D eigenvalue weighted by atomic mass is 16.5.